The van der Waals surface area contributed by atoms with Crippen LogP contribution in [0.3, 0.4) is 0 Å². The maximum atomic E-state index is 11.9. The van der Waals surface area contributed by atoms with E-state index in [-0.39, 0.29) is 23.4 Å². The molecule has 0 spiro atoms. The quantitative estimate of drug-likeness (QED) is 0.704. The van der Waals surface area contributed by atoms with Gasteiger partial charge in [-0.15, -0.1) is 0 Å². The van der Waals surface area contributed by atoms with Gasteiger partial charge in [-0.25, -0.2) is 4.98 Å². The van der Waals surface area contributed by atoms with Gasteiger partial charge in [0.25, 0.3) is 5.91 Å². The molecule has 0 bridgehead atoms. The van der Waals surface area contributed by atoms with Crippen molar-refractivity contribution in [2.45, 2.75) is 25.3 Å². The summed E-state index contributed by atoms with van der Waals surface area (Å²) in [6.45, 7) is 1.78. The maximum absolute atomic E-state index is 11.9. The summed E-state index contributed by atoms with van der Waals surface area (Å²) in [5.74, 6) is -0.386. The van der Waals surface area contributed by atoms with Crippen LogP contribution >= 0.6 is 0 Å². The molecule has 1 fully saturated rings. The Balaban J connectivity index is 1.98. The highest BCUT2D eigenvalue weighted by Gasteiger charge is 2.18. The van der Waals surface area contributed by atoms with E-state index in [2.05, 4.69) is 15.6 Å². The van der Waals surface area contributed by atoms with Crippen molar-refractivity contribution in [3.05, 3.63) is 24.0 Å². The lowest BCUT2D eigenvalue weighted by molar-refractivity contribution is 0.0927. The lowest BCUT2D eigenvalue weighted by Gasteiger charge is -2.16. The van der Waals surface area contributed by atoms with Gasteiger partial charge in [0.1, 0.15) is 5.75 Å². The molecule has 17 heavy (non-hydrogen) atoms. The van der Waals surface area contributed by atoms with E-state index >= 15 is 0 Å². The SMILES string of the molecule is O=C(NC1CCCCNC1)c1ncccc1O. The summed E-state index contributed by atoms with van der Waals surface area (Å²) in [7, 11) is 0. The van der Waals surface area contributed by atoms with Gasteiger partial charge >= 0.3 is 0 Å². The predicted molar refractivity (Wildman–Crippen MR) is 63.9 cm³/mol. The lowest BCUT2D eigenvalue weighted by Crippen LogP contribution is -2.41. The zero-order valence-electron chi connectivity index (χ0n) is 9.65. The number of rotatable bonds is 2. The summed E-state index contributed by atoms with van der Waals surface area (Å²) in [4.78, 5) is 15.8. The highest BCUT2D eigenvalue weighted by atomic mass is 16.3. The van der Waals surface area contributed by atoms with E-state index in [0.29, 0.717) is 0 Å². The Morgan fingerprint density at radius 1 is 1.53 bits per heavy atom. The smallest absolute Gasteiger partial charge is 0.273 e. The number of aromatic hydroxyl groups is 1. The van der Waals surface area contributed by atoms with Gasteiger partial charge in [-0.1, -0.05) is 6.42 Å². The van der Waals surface area contributed by atoms with Crippen molar-refractivity contribution >= 4 is 5.91 Å². The van der Waals surface area contributed by atoms with Gasteiger partial charge in [-0.05, 0) is 31.5 Å². The minimum absolute atomic E-state index is 0.0772. The van der Waals surface area contributed by atoms with Gasteiger partial charge in [0.2, 0.25) is 0 Å². The third-order valence-electron chi connectivity index (χ3n) is 2.88. The number of aromatic nitrogens is 1. The summed E-state index contributed by atoms with van der Waals surface area (Å²) >= 11 is 0. The zero-order chi connectivity index (χ0) is 12.1. The molecule has 0 aliphatic carbocycles. The van der Waals surface area contributed by atoms with Crippen LogP contribution in [0.25, 0.3) is 0 Å². The molecule has 1 amide bonds. The molecule has 1 aromatic heterocycles. The van der Waals surface area contributed by atoms with Crippen molar-refractivity contribution in [2.24, 2.45) is 0 Å². The first kappa shape index (κ1) is 11.9. The van der Waals surface area contributed by atoms with Crippen LogP contribution in [0.15, 0.2) is 18.3 Å². The largest absolute Gasteiger partial charge is 0.505 e. The molecule has 1 aliphatic heterocycles. The molecular formula is C12H17N3O2. The number of carbonyl (C=O) groups is 1. The number of amides is 1. The second kappa shape index (κ2) is 5.63. The standard InChI is InChI=1S/C12H17N3O2/c16-10-5-3-7-14-11(10)12(17)15-9-4-1-2-6-13-8-9/h3,5,7,9,13,16H,1-2,4,6,8H2,(H,15,17). The molecule has 0 saturated carbocycles. The molecule has 1 unspecified atom stereocenters. The van der Waals surface area contributed by atoms with Crippen LogP contribution in [-0.2, 0) is 0 Å². The molecule has 1 aromatic rings. The fourth-order valence-corrected chi connectivity index (χ4v) is 1.97. The molecule has 92 valence electrons. The molecule has 2 heterocycles. The first-order valence-electron chi connectivity index (χ1n) is 5.93. The Labute approximate surface area is 100 Å². The summed E-state index contributed by atoms with van der Waals surface area (Å²) < 4.78 is 0. The number of carbonyl (C=O) groups excluding carboxylic acids is 1. The molecule has 5 heteroatoms. The molecule has 0 radical (unpaired) electrons. The van der Waals surface area contributed by atoms with E-state index in [1.54, 1.807) is 6.07 Å². The third kappa shape index (κ3) is 3.17. The van der Waals surface area contributed by atoms with Crippen LogP contribution in [0.4, 0.5) is 0 Å². The van der Waals surface area contributed by atoms with Crippen LogP contribution in [-0.4, -0.2) is 35.1 Å². The van der Waals surface area contributed by atoms with E-state index in [1.807, 2.05) is 0 Å². The van der Waals surface area contributed by atoms with E-state index in [1.165, 1.54) is 12.3 Å². The third-order valence-corrected chi connectivity index (χ3v) is 2.88. The number of hydrogen-bond acceptors (Lipinski definition) is 4. The van der Waals surface area contributed by atoms with E-state index in [9.17, 15) is 9.90 Å². The molecule has 1 saturated heterocycles. The first-order chi connectivity index (χ1) is 8.27. The Morgan fingerprint density at radius 2 is 2.41 bits per heavy atom. The highest BCUT2D eigenvalue weighted by Crippen LogP contribution is 2.13. The highest BCUT2D eigenvalue weighted by molar-refractivity contribution is 5.94. The van der Waals surface area contributed by atoms with Crippen LogP contribution < -0.4 is 10.6 Å². The summed E-state index contributed by atoms with van der Waals surface area (Å²) in [5.41, 5.74) is 0.0942. The van der Waals surface area contributed by atoms with Gasteiger partial charge in [-0.3, -0.25) is 4.79 Å². The second-order valence-corrected chi connectivity index (χ2v) is 4.24. The van der Waals surface area contributed by atoms with Crippen molar-refractivity contribution in [3.8, 4) is 5.75 Å². The van der Waals surface area contributed by atoms with Crippen LogP contribution in [0.5, 0.6) is 5.75 Å². The minimum Gasteiger partial charge on any atom is -0.505 e. The van der Waals surface area contributed by atoms with Crippen molar-refractivity contribution in [3.63, 3.8) is 0 Å². The van der Waals surface area contributed by atoms with Crippen LogP contribution in [0.2, 0.25) is 0 Å². The molecule has 0 aromatic carbocycles. The molecule has 3 N–H and O–H groups in total. The first-order valence-corrected chi connectivity index (χ1v) is 5.93. The van der Waals surface area contributed by atoms with Gasteiger partial charge < -0.3 is 15.7 Å². The van der Waals surface area contributed by atoms with E-state index in [4.69, 9.17) is 0 Å². The van der Waals surface area contributed by atoms with Crippen molar-refractivity contribution in [2.75, 3.05) is 13.1 Å². The van der Waals surface area contributed by atoms with Gasteiger partial charge in [-0.2, -0.15) is 0 Å². The Morgan fingerprint density at radius 3 is 3.24 bits per heavy atom. The van der Waals surface area contributed by atoms with Gasteiger partial charge in [0.05, 0.1) is 0 Å². The number of nitrogens with one attached hydrogen (secondary N) is 2. The maximum Gasteiger partial charge on any atom is 0.273 e. The Kier molecular flexibility index (Phi) is 3.93. The topological polar surface area (TPSA) is 74.2 Å². The fourth-order valence-electron chi connectivity index (χ4n) is 1.97. The fraction of sp³-hybridized carbons (Fsp3) is 0.500. The second-order valence-electron chi connectivity index (χ2n) is 4.24. The van der Waals surface area contributed by atoms with E-state index in [0.717, 1.165) is 32.4 Å². The predicted octanol–water partition coefficient (Wildman–Crippen LogP) is 0.659. The monoisotopic (exact) mass is 235 g/mol. The summed E-state index contributed by atoms with van der Waals surface area (Å²) in [5, 5.41) is 15.7. The van der Waals surface area contributed by atoms with Crippen LogP contribution in [0, 0.1) is 0 Å². The average molecular weight is 235 g/mol. The summed E-state index contributed by atoms with van der Waals surface area (Å²) in [6, 6.07) is 3.18. The van der Waals surface area contributed by atoms with Crippen molar-refractivity contribution < 1.29 is 9.90 Å². The number of nitrogens with zero attached hydrogens (tertiary/aromatic N) is 1. The van der Waals surface area contributed by atoms with Crippen molar-refractivity contribution in [1.82, 2.24) is 15.6 Å². The Bertz CT molecular complexity index is 387. The summed E-state index contributed by atoms with van der Waals surface area (Å²) in [6.07, 6.45) is 4.71. The minimum atomic E-state index is -0.309. The van der Waals surface area contributed by atoms with Gasteiger partial charge in [0, 0.05) is 18.8 Å². The average Bonchev–Trinajstić information content (AvgIpc) is 2.58. The molecular weight excluding hydrogens is 218 g/mol. The molecule has 2 rings (SSSR count). The van der Waals surface area contributed by atoms with Crippen molar-refractivity contribution in [1.29, 1.82) is 0 Å². The Hall–Kier alpha value is -1.62. The van der Waals surface area contributed by atoms with E-state index < -0.39 is 0 Å². The van der Waals surface area contributed by atoms with Crippen LogP contribution in [0.1, 0.15) is 29.8 Å². The number of hydrogen-bond donors (Lipinski definition) is 3. The molecule has 1 atom stereocenters. The number of pyridine rings is 1. The van der Waals surface area contributed by atoms with Gasteiger partial charge in [0.15, 0.2) is 5.69 Å². The zero-order valence-corrected chi connectivity index (χ0v) is 9.65. The molecule has 5 nitrogen and oxygen atoms in total. The normalized spacial score (nSPS) is 20.6. The molecule has 1 aliphatic rings. The lowest BCUT2D eigenvalue weighted by atomic mass is 10.1.